The first-order valence-electron chi connectivity index (χ1n) is 5.38. The molecule has 0 atom stereocenters. The van der Waals surface area contributed by atoms with Crippen molar-refractivity contribution >= 4 is 0 Å². The average Bonchev–Trinajstić information content (AvgIpc) is 2.87. The van der Waals surface area contributed by atoms with Crippen molar-refractivity contribution in [3.8, 4) is 17.9 Å². The van der Waals surface area contributed by atoms with Crippen molar-refractivity contribution in [3.63, 3.8) is 0 Å². The van der Waals surface area contributed by atoms with Crippen LogP contribution in [0.5, 0.6) is 5.75 Å². The lowest BCUT2D eigenvalue weighted by Gasteiger charge is -2.08. The third-order valence-corrected chi connectivity index (χ3v) is 2.41. The molecule has 2 aromatic rings. The van der Waals surface area contributed by atoms with Crippen molar-refractivity contribution in [2.24, 2.45) is 0 Å². The van der Waals surface area contributed by atoms with E-state index in [1.165, 1.54) is 0 Å². The standard InChI is InChI=1S/C13H10N4O/c14-9-11-3-1-2-4-12(11)18-8-7-17-6-5-16-13(17)10-15/h1-6H,7-8H2. The second-order valence-electron chi connectivity index (χ2n) is 3.51. The zero-order valence-electron chi connectivity index (χ0n) is 9.58. The van der Waals surface area contributed by atoms with Gasteiger partial charge in [0, 0.05) is 12.4 Å². The Balaban J connectivity index is 1.97. The summed E-state index contributed by atoms with van der Waals surface area (Å²) in [5, 5.41) is 17.7. The third-order valence-electron chi connectivity index (χ3n) is 2.41. The number of hydrogen-bond donors (Lipinski definition) is 0. The van der Waals surface area contributed by atoms with Gasteiger partial charge in [-0.15, -0.1) is 0 Å². The van der Waals surface area contributed by atoms with Gasteiger partial charge < -0.3 is 9.30 Å². The van der Waals surface area contributed by atoms with Crippen LogP contribution in [0.25, 0.3) is 0 Å². The van der Waals surface area contributed by atoms with Crippen molar-refractivity contribution in [3.05, 3.63) is 48.0 Å². The number of ether oxygens (including phenoxy) is 1. The fourth-order valence-corrected chi connectivity index (χ4v) is 1.54. The summed E-state index contributed by atoms with van der Waals surface area (Å²) >= 11 is 0. The molecule has 1 heterocycles. The Morgan fingerprint density at radius 2 is 2.06 bits per heavy atom. The minimum absolute atomic E-state index is 0.354. The summed E-state index contributed by atoms with van der Waals surface area (Å²) in [5.41, 5.74) is 0.503. The van der Waals surface area contributed by atoms with E-state index in [1.807, 2.05) is 12.1 Å². The van der Waals surface area contributed by atoms with E-state index < -0.39 is 0 Å². The Hall–Kier alpha value is -2.79. The molecule has 1 aromatic carbocycles. The fraction of sp³-hybridized carbons (Fsp3) is 0.154. The van der Waals surface area contributed by atoms with E-state index in [0.29, 0.717) is 30.3 Å². The van der Waals surface area contributed by atoms with Gasteiger partial charge in [-0.3, -0.25) is 0 Å². The molecule has 18 heavy (non-hydrogen) atoms. The van der Waals surface area contributed by atoms with Gasteiger partial charge in [0.1, 0.15) is 24.5 Å². The Kier molecular flexibility index (Phi) is 3.58. The number of benzene rings is 1. The molecule has 5 nitrogen and oxygen atoms in total. The molecule has 0 aliphatic rings. The van der Waals surface area contributed by atoms with E-state index in [9.17, 15) is 0 Å². The van der Waals surface area contributed by atoms with Gasteiger partial charge >= 0.3 is 0 Å². The number of aromatic nitrogens is 2. The van der Waals surface area contributed by atoms with Crippen LogP contribution in [-0.2, 0) is 6.54 Å². The number of nitriles is 2. The van der Waals surface area contributed by atoms with Gasteiger partial charge in [-0.1, -0.05) is 12.1 Å². The molecular formula is C13H10N4O. The molecule has 0 amide bonds. The lowest BCUT2D eigenvalue weighted by Crippen LogP contribution is -2.09. The van der Waals surface area contributed by atoms with Gasteiger partial charge in [0.15, 0.2) is 0 Å². The molecule has 88 valence electrons. The number of para-hydroxylation sites is 1. The van der Waals surface area contributed by atoms with Crippen LogP contribution in [0.4, 0.5) is 0 Å². The maximum atomic E-state index is 8.90. The van der Waals surface area contributed by atoms with Crippen LogP contribution in [0.15, 0.2) is 36.7 Å². The molecule has 1 aromatic heterocycles. The van der Waals surface area contributed by atoms with E-state index in [4.69, 9.17) is 15.3 Å². The first-order chi connectivity index (χ1) is 8.85. The molecule has 0 unspecified atom stereocenters. The zero-order chi connectivity index (χ0) is 12.8. The third kappa shape index (κ3) is 2.47. The molecule has 2 rings (SSSR count). The number of nitrogens with zero attached hydrogens (tertiary/aromatic N) is 4. The highest BCUT2D eigenvalue weighted by molar-refractivity contribution is 5.42. The molecule has 0 saturated heterocycles. The summed E-state index contributed by atoms with van der Waals surface area (Å²) in [4.78, 5) is 3.89. The van der Waals surface area contributed by atoms with Crippen LogP contribution in [0.3, 0.4) is 0 Å². The summed E-state index contributed by atoms with van der Waals surface area (Å²) < 4.78 is 7.22. The van der Waals surface area contributed by atoms with Gasteiger partial charge in [-0.2, -0.15) is 10.5 Å². The number of imidazole rings is 1. The Labute approximate surface area is 104 Å². The van der Waals surface area contributed by atoms with Gasteiger partial charge in [0.25, 0.3) is 0 Å². The monoisotopic (exact) mass is 238 g/mol. The topological polar surface area (TPSA) is 74.6 Å². The van der Waals surface area contributed by atoms with Crippen LogP contribution < -0.4 is 4.74 Å². The summed E-state index contributed by atoms with van der Waals surface area (Å²) in [6.45, 7) is 0.895. The molecule has 0 fully saturated rings. The smallest absolute Gasteiger partial charge is 0.212 e. The predicted molar refractivity (Wildman–Crippen MR) is 63.6 cm³/mol. The van der Waals surface area contributed by atoms with Crippen LogP contribution in [0.1, 0.15) is 11.4 Å². The molecule has 0 saturated carbocycles. The Bertz CT molecular complexity index is 618. The normalized spacial score (nSPS) is 9.44. The molecule has 0 bridgehead atoms. The van der Waals surface area contributed by atoms with Gasteiger partial charge in [-0.05, 0) is 12.1 Å². The maximum absolute atomic E-state index is 8.90. The van der Waals surface area contributed by atoms with E-state index in [0.717, 1.165) is 0 Å². The first-order valence-corrected chi connectivity index (χ1v) is 5.38. The van der Waals surface area contributed by atoms with Gasteiger partial charge in [-0.25, -0.2) is 4.98 Å². The van der Waals surface area contributed by atoms with E-state index in [1.54, 1.807) is 35.2 Å². The van der Waals surface area contributed by atoms with Crippen molar-refractivity contribution in [2.75, 3.05) is 6.61 Å². The second kappa shape index (κ2) is 5.51. The number of hydrogen-bond acceptors (Lipinski definition) is 4. The summed E-state index contributed by atoms with van der Waals surface area (Å²) in [6, 6.07) is 11.1. The second-order valence-corrected chi connectivity index (χ2v) is 3.51. The molecule has 5 heteroatoms. The predicted octanol–water partition coefficient (Wildman–Crippen LogP) is 1.71. The number of rotatable bonds is 4. The molecular weight excluding hydrogens is 228 g/mol. The Morgan fingerprint density at radius 1 is 1.22 bits per heavy atom. The molecule has 0 radical (unpaired) electrons. The lowest BCUT2D eigenvalue weighted by atomic mass is 10.2. The molecule has 0 spiro atoms. The lowest BCUT2D eigenvalue weighted by molar-refractivity contribution is 0.297. The molecule has 0 aliphatic carbocycles. The molecule has 0 aliphatic heterocycles. The van der Waals surface area contributed by atoms with E-state index in [2.05, 4.69) is 11.1 Å². The summed E-state index contributed by atoms with van der Waals surface area (Å²) in [6.07, 6.45) is 3.29. The summed E-state index contributed by atoms with van der Waals surface area (Å²) in [5.74, 6) is 0.908. The zero-order valence-corrected chi connectivity index (χ0v) is 9.58. The van der Waals surface area contributed by atoms with Crippen molar-refractivity contribution in [2.45, 2.75) is 6.54 Å². The first kappa shape index (κ1) is 11.7. The highest BCUT2D eigenvalue weighted by atomic mass is 16.5. The average molecular weight is 238 g/mol. The van der Waals surface area contributed by atoms with E-state index in [-0.39, 0.29) is 0 Å². The van der Waals surface area contributed by atoms with Gasteiger partial charge in [0.05, 0.1) is 12.1 Å². The van der Waals surface area contributed by atoms with Crippen molar-refractivity contribution in [1.82, 2.24) is 9.55 Å². The largest absolute Gasteiger partial charge is 0.490 e. The van der Waals surface area contributed by atoms with Crippen LogP contribution in [-0.4, -0.2) is 16.2 Å². The molecule has 0 N–H and O–H groups in total. The minimum atomic E-state index is 0.354. The van der Waals surface area contributed by atoms with Crippen molar-refractivity contribution < 1.29 is 4.74 Å². The maximum Gasteiger partial charge on any atom is 0.212 e. The van der Waals surface area contributed by atoms with E-state index >= 15 is 0 Å². The SMILES string of the molecule is N#Cc1ccccc1OCCn1ccnc1C#N. The minimum Gasteiger partial charge on any atom is -0.490 e. The quantitative estimate of drug-likeness (QED) is 0.812. The Morgan fingerprint density at radius 3 is 2.83 bits per heavy atom. The highest BCUT2D eigenvalue weighted by Crippen LogP contribution is 2.16. The summed E-state index contributed by atoms with van der Waals surface area (Å²) in [7, 11) is 0. The fourth-order valence-electron chi connectivity index (χ4n) is 1.54. The van der Waals surface area contributed by atoms with Crippen LogP contribution in [0.2, 0.25) is 0 Å². The van der Waals surface area contributed by atoms with Gasteiger partial charge in [0.2, 0.25) is 5.82 Å². The van der Waals surface area contributed by atoms with Crippen LogP contribution >= 0.6 is 0 Å². The van der Waals surface area contributed by atoms with Crippen LogP contribution in [0, 0.1) is 22.7 Å². The van der Waals surface area contributed by atoms with Crippen molar-refractivity contribution in [1.29, 1.82) is 10.5 Å². The highest BCUT2D eigenvalue weighted by Gasteiger charge is 2.03.